The summed E-state index contributed by atoms with van der Waals surface area (Å²) in [5.41, 5.74) is 3.80. The molecular formula is C15H13BrClN3. The van der Waals surface area contributed by atoms with E-state index in [4.69, 9.17) is 11.6 Å². The van der Waals surface area contributed by atoms with E-state index in [0.717, 1.165) is 32.7 Å². The topological polar surface area (TPSA) is 30.7 Å². The van der Waals surface area contributed by atoms with Crippen molar-refractivity contribution < 1.29 is 0 Å². The predicted molar refractivity (Wildman–Crippen MR) is 85.6 cm³/mol. The van der Waals surface area contributed by atoms with Crippen molar-refractivity contribution >= 4 is 38.7 Å². The number of hydrogen-bond acceptors (Lipinski definition) is 2. The molecule has 2 aromatic heterocycles. The minimum atomic E-state index is -0.187. The Morgan fingerprint density at radius 1 is 1.25 bits per heavy atom. The normalized spacial score (nSPS) is 12.8. The Balaban J connectivity index is 2.31. The number of halogens is 2. The van der Waals surface area contributed by atoms with Gasteiger partial charge in [0.2, 0.25) is 0 Å². The molecule has 1 unspecified atom stereocenters. The molecule has 0 fully saturated rings. The highest BCUT2D eigenvalue weighted by Gasteiger charge is 2.17. The second-order valence-electron chi connectivity index (χ2n) is 4.75. The third kappa shape index (κ3) is 2.34. The van der Waals surface area contributed by atoms with E-state index in [1.807, 2.05) is 54.9 Å². The van der Waals surface area contributed by atoms with Crippen molar-refractivity contribution in [1.29, 1.82) is 0 Å². The van der Waals surface area contributed by atoms with Gasteiger partial charge in [-0.2, -0.15) is 0 Å². The lowest BCUT2D eigenvalue weighted by atomic mass is 10.3. The van der Waals surface area contributed by atoms with Crippen molar-refractivity contribution in [3.8, 4) is 5.69 Å². The van der Waals surface area contributed by atoms with Gasteiger partial charge in [-0.05, 0) is 49.7 Å². The first-order valence-electron chi connectivity index (χ1n) is 6.31. The van der Waals surface area contributed by atoms with Gasteiger partial charge in [0.15, 0.2) is 5.65 Å². The van der Waals surface area contributed by atoms with Gasteiger partial charge in [0, 0.05) is 16.4 Å². The van der Waals surface area contributed by atoms with Gasteiger partial charge < -0.3 is 0 Å². The largest absolute Gasteiger partial charge is 0.279 e. The van der Waals surface area contributed by atoms with E-state index in [9.17, 15) is 0 Å². The third-order valence-corrected chi connectivity index (χ3v) is 3.82. The molecule has 0 N–H and O–H groups in total. The summed E-state index contributed by atoms with van der Waals surface area (Å²) in [7, 11) is 0. The number of pyridine rings is 1. The average molecular weight is 351 g/mol. The van der Waals surface area contributed by atoms with Crippen LogP contribution in [0.5, 0.6) is 0 Å². The molecule has 1 atom stereocenters. The zero-order chi connectivity index (χ0) is 14.3. The van der Waals surface area contributed by atoms with Gasteiger partial charge in [0.1, 0.15) is 11.3 Å². The molecule has 0 amide bonds. The van der Waals surface area contributed by atoms with Crippen LogP contribution in [0, 0.1) is 6.92 Å². The van der Waals surface area contributed by atoms with Gasteiger partial charge in [-0.1, -0.05) is 15.9 Å². The number of rotatable bonds is 2. The summed E-state index contributed by atoms with van der Waals surface area (Å²) >= 11 is 9.73. The monoisotopic (exact) mass is 349 g/mol. The summed E-state index contributed by atoms with van der Waals surface area (Å²) in [6, 6.07) is 10.1. The third-order valence-electron chi connectivity index (χ3n) is 3.10. The van der Waals surface area contributed by atoms with E-state index < -0.39 is 0 Å². The standard InChI is InChI=1S/C15H13BrClN3/c1-9-7-13-15(18-8-9)20(14(19-13)10(2)17)12-5-3-11(16)4-6-12/h3-8,10H,1-2H3. The van der Waals surface area contributed by atoms with Gasteiger partial charge in [-0.3, -0.25) is 4.57 Å². The molecule has 3 aromatic rings. The maximum Gasteiger partial charge on any atom is 0.164 e. The number of nitrogens with zero attached hydrogens (tertiary/aromatic N) is 3. The lowest BCUT2D eigenvalue weighted by molar-refractivity contribution is 0.877. The second-order valence-corrected chi connectivity index (χ2v) is 6.32. The van der Waals surface area contributed by atoms with E-state index in [1.54, 1.807) is 0 Å². The van der Waals surface area contributed by atoms with Gasteiger partial charge >= 0.3 is 0 Å². The minimum absolute atomic E-state index is 0.187. The zero-order valence-corrected chi connectivity index (χ0v) is 13.5. The Morgan fingerprint density at radius 3 is 2.60 bits per heavy atom. The second kappa shape index (κ2) is 5.19. The summed E-state index contributed by atoms with van der Waals surface area (Å²) in [5, 5.41) is -0.187. The molecule has 3 nitrogen and oxygen atoms in total. The molecule has 1 aromatic carbocycles. The first kappa shape index (κ1) is 13.6. The van der Waals surface area contributed by atoms with E-state index in [1.165, 1.54) is 0 Å². The van der Waals surface area contributed by atoms with Crippen LogP contribution >= 0.6 is 27.5 Å². The van der Waals surface area contributed by atoms with Gasteiger partial charge in [-0.25, -0.2) is 9.97 Å². The SMILES string of the molecule is Cc1cnc2c(c1)nc(C(C)Cl)n2-c1ccc(Br)cc1. The van der Waals surface area contributed by atoms with Crippen molar-refractivity contribution in [3.63, 3.8) is 0 Å². The Hall–Kier alpha value is -1.39. The van der Waals surface area contributed by atoms with E-state index in [2.05, 4.69) is 25.9 Å². The fourth-order valence-corrected chi connectivity index (χ4v) is 2.61. The van der Waals surface area contributed by atoms with Crippen molar-refractivity contribution in [1.82, 2.24) is 14.5 Å². The maximum absolute atomic E-state index is 6.28. The molecule has 0 aliphatic heterocycles. The number of fused-ring (bicyclic) bond motifs is 1. The first-order valence-corrected chi connectivity index (χ1v) is 7.54. The molecule has 0 spiro atoms. The van der Waals surface area contributed by atoms with Crippen LogP contribution < -0.4 is 0 Å². The lowest BCUT2D eigenvalue weighted by Gasteiger charge is -2.10. The van der Waals surface area contributed by atoms with E-state index in [-0.39, 0.29) is 5.38 Å². The van der Waals surface area contributed by atoms with E-state index >= 15 is 0 Å². The Kier molecular flexibility index (Phi) is 3.52. The average Bonchev–Trinajstić information content (AvgIpc) is 2.78. The molecule has 0 saturated carbocycles. The quantitative estimate of drug-likeness (QED) is 0.622. The Bertz CT molecular complexity index is 763. The maximum atomic E-state index is 6.28. The van der Waals surface area contributed by atoms with Crippen molar-refractivity contribution in [2.45, 2.75) is 19.2 Å². The molecular weight excluding hydrogens is 338 g/mol. The highest BCUT2D eigenvalue weighted by Crippen LogP contribution is 2.28. The van der Waals surface area contributed by atoms with Crippen LogP contribution in [0.1, 0.15) is 23.7 Å². The molecule has 2 heterocycles. The van der Waals surface area contributed by atoms with Crippen molar-refractivity contribution in [3.05, 3.63) is 52.4 Å². The summed E-state index contributed by atoms with van der Waals surface area (Å²) in [6.07, 6.45) is 1.85. The first-order chi connectivity index (χ1) is 9.56. The van der Waals surface area contributed by atoms with Crippen LogP contribution in [0.2, 0.25) is 0 Å². The summed E-state index contributed by atoms with van der Waals surface area (Å²) in [5.74, 6) is 0.807. The molecule has 5 heteroatoms. The molecule has 0 saturated heterocycles. The molecule has 20 heavy (non-hydrogen) atoms. The molecule has 102 valence electrons. The smallest absolute Gasteiger partial charge is 0.164 e. The molecule has 0 aliphatic carbocycles. The Morgan fingerprint density at radius 2 is 1.95 bits per heavy atom. The number of aryl methyl sites for hydroxylation is 1. The predicted octanol–water partition coefficient (Wildman–Crippen LogP) is 4.79. The van der Waals surface area contributed by atoms with Gasteiger partial charge in [-0.15, -0.1) is 11.6 Å². The van der Waals surface area contributed by atoms with Crippen LogP contribution in [-0.4, -0.2) is 14.5 Å². The highest BCUT2D eigenvalue weighted by molar-refractivity contribution is 9.10. The lowest BCUT2D eigenvalue weighted by Crippen LogP contribution is -2.02. The van der Waals surface area contributed by atoms with E-state index in [0.29, 0.717) is 0 Å². The van der Waals surface area contributed by atoms with Crippen LogP contribution in [0.15, 0.2) is 41.0 Å². The van der Waals surface area contributed by atoms with Crippen LogP contribution in [0.25, 0.3) is 16.9 Å². The molecule has 0 radical (unpaired) electrons. The molecule has 3 rings (SSSR count). The van der Waals surface area contributed by atoms with Crippen molar-refractivity contribution in [2.75, 3.05) is 0 Å². The fraction of sp³-hybridized carbons (Fsp3) is 0.200. The van der Waals surface area contributed by atoms with Crippen molar-refractivity contribution in [2.24, 2.45) is 0 Å². The summed E-state index contributed by atoms with van der Waals surface area (Å²) < 4.78 is 3.05. The number of imidazole rings is 1. The van der Waals surface area contributed by atoms with Crippen LogP contribution in [-0.2, 0) is 0 Å². The zero-order valence-electron chi connectivity index (χ0n) is 11.1. The number of aromatic nitrogens is 3. The van der Waals surface area contributed by atoms with Gasteiger partial charge in [0.25, 0.3) is 0 Å². The highest BCUT2D eigenvalue weighted by atomic mass is 79.9. The number of benzene rings is 1. The summed E-state index contributed by atoms with van der Waals surface area (Å²) in [6.45, 7) is 3.93. The summed E-state index contributed by atoms with van der Waals surface area (Å²) in [4.78, 5) is 9.14. The fourth-order valence-electron chi connectivity index (χ4n) is 2.19. The number of alkyl halides is 1. The van der Waals surface area contributed by atoms with Crippen LogP contribution in [0.4, 0.5) is 0 Å². The Labute approximate surface area is 130 Å². The molecule has 0 bridgehead atoms. The number of hydrogen-bond donors (Lipinski definition) is 0. The minimum Gasteiger partial charge on any atom is -0.279 e. The molecule has 0 aliphatic rings. The van der Waals surface area contributed by atoms with Crippen LogP contribution in [0.3, 0.4) is 0 Å². The van der Waals surface area contributed by atoms with Gasteiger partial charge in [0.05, 0.1) is 5.38 Å².